The molecule has 6 rings (SSSR count). The molecule has 10 heteroatoms. The molecular formula is C42H40N4O5S. The van der Waals surface area contributed by atoms with E-state index in [4.69, 9.17) is 0 Å². The molecule has 0 aliphatic heterocycles. The van der Waals surface area contributed by atoms with Crippen LogP contribution in [-0.2, 0) is 32.5 Å². The van der Waals surface area contributed by atoms with Gasteiger partial charge < -0.3 is 15.2 Å². The number of aromatic amines is 1. The van der Waals surface area contributed by atoms with E-state index in [1.165, 1.54) is 17.0 Å². The Hall–Kier alpha value is -6.00. The van der Waals surface area contributed by atoms with Crippen molar-refractivity contribution in [1.82, 2.24) is 19.9 Å². The number of fused-ring (bicyclic) bond motifs is 1. The van der Waals surface area contributed by atoms with Crippen molar-refractivity contribution < 1.29 is 22.8 Å². The molecule has 2 atom stereocenters. The Morgan fingerprint density at radius 1 is 0.712 bits per heavy atom. The van der Waals surface area contributed by atoms with E-state index >= 15 is 0 Å². The van der Waals surface area contributed by atoms with E-state index in [1.807, 2.05) is 98.8 Å². The maximum Gasteiger partial charge on any atom is 0.264 e. The number of hydrogen-bond donors (Lipinski definition) is 3. The predicted molar refractivity (Wildman–Crippen MR) is 203 cm³/mol. The molecule has 0 bridgehead atoms. The first kappa shape index (κ1) is 35.8. The summed E-state index contributed by atoms with van der Waals surface area (Å²) in [4.78, 5) is 46.8. The molecule has 52 heavy (non-hydrogen) atoms. The number of benzene rings is 5. The number of hydrogen-bond acceptors (Lipinski definition) is 5. The zero-order valence-electron chi connectivity index (χ0n) is 29.2. The Morgan fingerprint density at radius 3 is 1.98 bits per heavy atom. The van der Waals surface area contributed by atoms with Crippen molar-refractivity contribution in [2.45, 2.75) is 43.7 Å². The molecule has 0 saturated carbocycles. The van der Waals surface area contributed by atoms with Crippen LogP contribution < -0.4 is 10.0 Å². The van der Waals surface area contributed by atoms with Gasteiger partial charge in [-0.05, 0) is 66.4 Å². The quantitative estimate of drug-likeness (QED) is 0.136. The largest absolute Gasteiger partial charge is 0.361 e. The smallest absolute Gasteiger partial charge is 0.264 e. The van der Waals surface area contributed by atoms with Gasteiger partial charge in [-0.2, -0.15) is 0 Å². The number of sulfonamides is 1. The fourth-order valence-electron chi connectivity index (χ4n) is 6.40. The van der Waals surface area contributed by atoms with Crippen LogP contribution >= 0.6 is 0 Å². The summed E-state index contributed by atoms with van der Waals surface area (Å²) >= 11 is 0. The average Bonchev–Trinajstić information content (AvgIpc) is 3.56. The second-order valence-electron chi connectivity index (χ2n) is 13.0. The van der Waals surface area contributed by atoms with Crippen molar-refractivity contribution in [2.24, 2.45) is 0 Å². The molecule has 3 amide bonds. The minimum atomic E-state index is -4.25. The van der Waals surface area contributed by atoms with E-state index in [1.54, 1.807) is 43.6 Å². The number of aromatic nitrogens is 1. The number of amides is 3. The first-order valence-electron chi connectivity index (χ1n) is 17.0. The molecule has 1 aromatic heterocycles. The summed E-state index contributed by atoms with van der Waals surface area (Å²) < 4.78 is 28.7. The number of carbonyl (C=O) groups is 3. The van der Waals surface area contributed by atoms with Gasteiger partial charge in [-0.3, -0.25) is 14.4 Å². The van der Waals surface area contributed by atoms with E-state index in [0.717, 1.165) is 38.7 Å². The normalized spacial score (nSPS) is 12.5. The molecule has 5 aromatic carbocycles. The van der Waals surface area contributed by atoms with Crippen LogP contribution in [0.15, 0.2) is 138 Å². The molecule has 0 spiro atoms. The molecule has 3 N–H and O–H groups in total. The van der Waals surface area contributed by atoms with E-state index < -0.39 is 33.9 Å². The second kappa shape index (κ2) is 15.5. The highest BCUT2D eigenvalue weighted by atomic mass is 32.2. The Balaban J connectivity index is 1.33. The lowest BCUT2D eigenvalue weighted by Gasteiger charge is -2.29. The third-order valence-corrected chi connectivity index (χ3v) is 10.4. The van der Waals surface area contributed by atoms with E-state index in [0.29, 0.717) is 11.1 Å². The highest BCUT2D eigenvalue weighted by molar-refractivity contribution is 7.90. The molecule has 1 heterocycles. The molecule has 0 aliphatic carbocycles. The SMILES string of the molecule is Cc1cc(C)cc(C(=O)N(C)[C@H](Cc2ccc(-c3ccccc3)cc2)C(=O)N[C@@H](Cc2c[nH]c3ccccc23)C(=O)NS(=O)(=O)c2ccccc2)c1. The highest BCUT2D eigenvalue weighted by Gasteiger charge is 2.33. The minimum absolute atomic E-state index is 0.0148. The van der Waals surface area contributed by atoms with Crippen LogP contribution in [0.3, 0.4) is 0 Å². The van der Waals surface area contributed by atoms with Crippen molar-refractivity contribution >= 4 is 38.6 Å². The summed E-state index contributed by atoms with van der Waals surface area (Å²) in [6.45, 7) is 3.80. The average molecular weight is 713 g/mol. The van der Waals surface area contributed by atoms with Gasteiger partial charge in [0, 0.05) is 42.6 Å². The van der Waals surface area contributed by atoms with Crippen molar-refractivity contribution in [3.8, 4) is 11.1 Å². The minimum Gasteiger partial charge on any atom is -0.361 e. The molecule has 264 valence electrons. The number of para-hydroxylation sites is 1. The van der Waals surface area contributed by atoms with Gasteiger partial charge in [0.25, 0.3) is 21.8 Å². The summed E-state index contributed by atoms with van der Waals surface area (Å²) in [7, 11) is -2.69. The fraction of sp³-hybridized carbons (Fsp3) is 0.167. The molecule has 0 unspecified atom stereocenters. The zero-order chi connectivity index (χ0) is 36.8. The standard InChI is InChI=1S/C42H40N4O5S/c1-28-22-29(2)24-33(23-28)42(49)46(3)39(25-30-18-20-32(21-19-30)31-12-6-4-7-13-31)41(48)44-38(26-34-27-43-37-17-11-10-16-36(34)37)40(47)45-52(50,51)35-14-8-5-9-15-35/h4-24,27,38-39,43H,25-26H2,1-3H3,(H,44,48)(H,45,47)/t38-,39+/m0/s1. The van der Waals surface area contributed by atoms with Crippen molar-refractivity contribution in [3.63, 3.8) is 0 Å². The molecular weight excluding hydrogens is 673 g/mol. The van der Waals surface area contributed by atoms with Gasteiger partial charge in [0.1, 0.15) is 12.1 Å². The van der Waals surface area contributed by atoms with Crippen LogP contribution in [0, 0.1) is 13.8 Å². The lowest BCUT2D eigenvalue weighted by molar-refractivity contribution is -0.130. The molecule has 0 saturated heterocycles. The lowest BCUT2D eigenvalue weighted by atomic mass is 9.98. The van der Waals surface area contributed by atoms with Gasteiger partial charge in [0.2, 0.25) is 5.91 Å². The van der Waals surface area contributed by atoms with Gasteiger partial charge in [-0.25, -0.2) is 13.1 Å². The summed E-state index contributed by atoms with van der Waals surface area (Å²) in [5, 5.41) is 3.67. The Bertz CT molecular complexity index is 2300. The number of carbonyl (C=O) groups excluding carboxylic acids is 3. The van der Waals surface area contributed by atoms with Crippen LogP contribution in [0.1, 0.15) is 32.6 Å². The van der Waals surface area contributed by atoms with Gasteiger partial charge in [0.05, 0.1) is 4.90 Å². The van der Waals surface area contributed by atoms with Gasteiger partial charge >= 0.3 is 0 Å². The Labute approximate surface area is 303 Å². The van der Waals surface area contributed by atoms with Crippen LogP contribution in [-0.4, -0.2) is 55.2 Å². The number of H-pyrrole nitrogens is 1. The van der Waals surface area contributed by atoms with Crippen molar-refractivity contribution in [3.05, 3.63) is 161 Å². The Morgan fingerprint density at radius 2 is 1.31 bits per heavy atom. The van der Waals surface area contributed by atoms with Crippen molar-refractivity contribution in [2.75, 3.05) is 7.05 Å². The summed E-state index contributed by atoms with van der Waals surface area (Å²) in [6, 6.07) is 35.9. The number of nitrogens with zero attached hydrogens (tertiary/aromatic N) is 1. The molecule has 0 fully saturated rings. The maximum atomic E-state index is 14.4. The monoisotopic (exact) mass is 712 g/mol. The highest BCUT2D eigenvalue weighted by Crippen LogP contribution is 2.23. The summed E-state index contributed by atoms with van der Waals surface area (Å²) in [5.41, 5.74) is 6.62. The topological polar surface area (TPSA) is 128 Å². The Kier molecular flexibility index (Phi) is 10.7. The first-order chi connectivity index (χ1) is 25.0. The van der Waals surface area contributed by atoms with E-state index in [9.17, 15) is 22.8 Å². The van der Waals surface area contributed by atoms with Crippen molar-refractivity contribution in [1.29, 1.82) is 0 Å². The second-order valence-corrected chi connectivity index (χ2v) is 14.7. The number of rotatable bonds is 12. The molecule has 6 aromatic rings. The maximum absolute atomic E-state index is 14.4. The zero-order valence-corrected chi connectivity index (χ0v) is 30.0. The third-order valence-electron chi connectivity index (χ3n) is 9.07. The van der Waals surface area contributed by atoms with Crippen LogP contribution in [0.25, 0.3) is 22.0 Å². The van der Waals surface area contributed by atoms with Crippen LogP contribution in [0.4, 0.5) is 0 Å². The van der Waals surface area contributed by atoms with E-state index in [2.05, 4.69) is 15.0 Å². The van der Waals surface area contributed by atoms with Gasteiger partial charge in [0.15, 0.2) is 0 Å². The first-order valence-corrected chi connectivity index (χ1v) is 18.4. The number of aryl methyl sites for hydroxylation is 2. The van der Waals surface area contributed by atoms with Gasteiger partial charge in [-0.15, -0.1) is 0 Å². The summed E-state index contributed by atoms with van der Waals surface area (Å²) in [5.74, 6) is -1.88. The molecule has 9 nitrogen and oxygen atoms in total. The third kappa shape index (κ3) is 8.30. The molecule has 0 aliphatic rings. The lowest BCUT2D eigenvalue weighted by Crippen LogP contribution is -2.56. The molecule has 0 radical (unpaired) electrons. The number of likely N-dealkylation sites (N-methyl/N-ethyl adjacent to an activating group) is 1. The summed E-state index contributed by atoms with van der Waals surface area (Å²) in [6.07, 6.45) is 1.86. The van der Waals surface area contributed by atoms with Gasteiger partial charge in [-0.1, -0.05) is 108 Å². The fourth-order valence-corrected chi connectivity index (χ4v) is 7.44. The van der Waals surface area contributed by atoms with Crippen LogP contribution in [0.5, 0.6) is 0 Å². The number of nitrogens with one attached hydrogen (secondary N) is 3. The van der Waals surface area contributed by atoms with Crippen LogP contribution in [0.2, 0.25) is 0 Å². The predicted octanol–water partition coefficient (Wildman–Crippen LogP) is 6.37. The van der Waals surface area contributed by atoms with E-state index in [-0.39, 0.29) is 23.6 Å².